The number of benzene rings is 1. The molecule has 1 saturated carbocycles. The third-order valence-electron chi connectivity index (χ3n) is 3.84. The maximum atomic E-state index is 9.12. The van der Waals surface area contributed by atoms with E-state index in [1.165, 1.54) is 32.1 Å². The summed E-state index contributed by atoms with van der Waals surface area (Å²) < 4.78 is 0. The van der Waals surface area contributed by atoms with E-state index in [2.05, 4.69) is 24.4 Å². The lowest BCUT2D eigenvalue weighted by molar-refractivity contribution is 0.282. The van der Waals surface area contributed by atoms with Crippen molar-refractivity contribution in [2.24, 2.45) is 5.92 Å². The maximum absolute atomic E-state index is 9.12. The molecule has 1 fully saturated rings. The summed E-state index contributed by atoms with van der Waals surface area (Å²) >= 11 is 0. The average Bonchev–Trinajstić information content (AvgIpc) is 2.39. The molecule has 0 saturated heterocycles. The largest absolute Gasteiger partial charge is 0.392 e. The van der Waals surface area contributed by atoms with Gasteiger partial charge in [-0.2, -0.15) is 0 Å². The highest BCUT2D eigenvalue weighted by molar-refractivity contribution is 5.46. The van der Waals surface area contributed by atoms with Crippen LogP contribution in [0.15, 0.2) is 24.3 Å². The van der Waals surface area contributed by atoms with E-state index in [1.54, 1.807) is 0 Å². The van der Waals surface area contributed by atoms with Gasteiger partial charge in [-0.3, -0.25) is 0 Å². The van der Waals surface area contributed by atoms with E-state index in [0.29, 0.717) is 6.04 Å². The smallest absolute Gasteiger partial charge is 0.0682 e. The molecule has 2 rings (SSSR count). The van der Waals surface area contributed by atoms with E-state index >= 15 is 0 Å². The fraction of sp³-hybridized carbons (Fsp3) is 0.600. The Hall–Kier alpha value is -1.02. The highest BCUT2D eigenvalue weighted by Crippen LogP contribution is 2.28. The van der Waals surface area contributed by atoms with E-state index in [0.717, 1.165) is 17.2 Å². The van der Waals surface area contributed by atoms with Gasteiger partial charge in [0.25, 0.3) is 0 Å². The van der Waals surface area contributed by atoms with Crippen LogP contribution in [0.1, 0.15) is 44.6 Å². The van der Waals surface area contributed by atoms with Gasteiger partial charge < -0.3 is 10.4 Å². The first-order valence-corrected chi connectivity index (χ1v) is 6.78. The van der Waals surface area contributed by atoms with Crippen LogP contribution in [0.2, 0.25) is 0 Å². The lowest BCUT2D eigenvalue weighted by atomic mass is 9.84. The van der Waals surface area contributed by atoms with Crippen LogP contribution in [0.4, 0.5) is 5.69 Å². The van der Waals surface area contributed by atoms with Gasteiger partial charge in [0.1, 0.15) is 0 Å². The Balaban J connectivity index is 1.95. The molecule has 0 heterocycles. The molecule has 2 nitrogen and oxygen atoms in total. The second kappa shape index (κ2) is 6.06. The lowest BCUT2D eigenvalue weighted by Gasteiger charge is -2.30. The molecule has 2 atom stereocenters. The molecule has 0 bridgehead atoms. The van der Waals surface area contributed by atoms with Crippen molar-refractivity contribution < 1.29 is 5.11 Å². The number of rotatable bonds is 4. The van der Waals surface area contributed by atoms with Gasteiger partial charge in [-0.15, -0.1) is 0 Å². The zero-order valence-corrected chi connectivity index (χ0v) is 10.7. The summed E-state index contributed by atoms with van der Waals surface area (Å²) in [6, 6.07) is 8.72. The molecule has 2 heteroatoms. The Bertz CT molecular complexity index is 351. The summed E-state index contributed by atoms with van der Waals surface area (Å²) in [6.45, 7) is 2.41. The number of hydrogen-bond donors (Lipinski definition) is 2. The first-order chi connectivity index (χ1) is 8.31. The Morgan fingerprint density at radius 2 is 2.24 bits per heavy atom. The van der Waals surface area contributed by atoms with Crippen LogP contribution >= 0.6 is 0 Å². The van der Waals surface area contributed by atoms with Gasteiger partial charge in [-0.05, 0) is 36.5 Å². The molecule has 2 unspecified atom stereocenters. The van der Waals surface area contributed by atoms with Crippen molar-refractivity contribution in [1.82, 2.24) is 0 Å². The van der Waals surface area contributed by atoms with E-state index in [-0.39, 0.29) is 6.61 Å². The van der Waals surface area contributed by atoms with Gasteiger partial charge >= 0.3 is 0 Å². The minimum atomic E-state index is 0.123. The minimum Gasteiger partial charge on any atom is -0.392 e. The van der Waals surface area contributed by atoms with E-state index in [9.17, 15) is 0 Å². The van der Waals surface area contributed by atoms with Crippen LogP contribution in [0.5, 0.6) is 0 Å². The number of nitrogens with one attached hydrogen (secondary N) is 1. The normalized spacial score (nSPS) is 24.6. The van der Waals surface area contributed by atoms with E-state index in [4.69, 9.17) is 5.11 Å². The van der Waals surface area contributed by atoms with Crippen molar-refractivity contribution in [3.63, 3.8) is 0 Å². The molecule has 0 amide bonds. The molecule has 0 aromatic heterocycles. The second-order valence-corrected chi connectivity index (χ2v) is 5.14. The summed E-state index contributed by atoms with van der Waals surface area (Å²) in [5.41, 5.74) is 2.14. The summed E-state index contributed by atoms with van der Waals surface area (Å²) in [6.07, 6.45) is 6.61. The molecule has 0 radical (unpaired) electrons. The maximum Gasteiger partial charge on any atom is 0.0682 e. The molecule has 0 spiro atoms. The SMILES string of the molecule is CCC1CCCC(Nc2cccc(CO)c2)C1. The molecule has 1 aromatic rings. The number of hydrogen-bond acceptors (Lipinski definition) is 2. The molecular formula is C15H23NO. The number of aliphatic hydroxyl groups is 1. The molecule has 94 valence electrons. The average molecular weight is 233 g/mol. The van der Waals surface area contributed by atoms with Crippen LogP contribution < -0.4 is 5.32 Å². The summed E-state index contributed by atoms with van der Waals surface area (Å²) in [7, 11) is 0. The van der Waals surface area contributed by atoms with Gasteiger partial charge in [-0.1, -0.05) is 38.3 Å². The van der Waals surface area contributed by atoms with Gasteiger partial charge in [0.15, 0.2) is 0 Å². The fourth-order valence-electron chi connectivity index (χ4n) is 2.79. The third kappa shape index (κ3) is 3.47. The summed E-state index contributed by atoms with van der Waals surface area (Å²) in [5, 5.41) is 12.7. The van der Waals surface area contributed by atoms with Crippen LogP contribution in [-0.4, -0.2) is 11.1 Å². The van der Waals surface area contributed by atoms with Crippen molar-refractivity contribution in [3.8, 4) is 0 Å². The van der Waals surface area contributed by atoms with Crippen LogP contribution in [0.3, 0.4) is 0 Å². The highest BCUT2D eigenvalue weighted by Gasteiger charge is 2.20. The molecule has 1 aliphatic rings. The summed E-state index contributed by atoms with van der Waals surface area (Å²) in [5.74, 6) is 0.891. The van der Waals surface area contributed by atoms with Gasteiger partial charge in [0.05, 0.1) is 6.61 Å². The predicted octanol–water partition coefficient (Wildman–Crippen LogP) is 3.56. The zero-order chi connectivity index (χ0) is 12.1. The van der Waals surface area contributed by atoms with Crippen molar-refractivity contribution >= 4 is 5.69 Å². The fourth-order valence-corrected chi connectivity index (χ4v) is 2.79. The molecular weight excluding hydrogens is 210 g/mol. The van der Waals surface area contributed by atoms with Gasteiger partial charge in [-0.25, -0.2) is 0 Å². The Labute approximate surface area is 104 Å². The Morgan fingerprint density at radius 3 is 3.00 bits per heavy atom. The minimum absolute atomic E-state index is 0.123. The van der Waals surface area contributed by atoms with E-state index in [1.807, 2.05) is 12.1 Å². The molecule has 2 N–H and O–H groups in total. The summed E-state index contributed by atoms with van der Waals surface area (Å²) in [4.78, 5) is 0. The third-order valence-corrected chi connectivity index (χ3v) is 3.84. The number of anilines is 1. The molecule has 1 aliphatic carbocycles. The van der Waals surface area contributed by atoms with Crippen molar-refractivity contribution in [2.45, 2.75) is 51.7 Å². The van der Waals surface area contributed by atoms with Crippen LogP contribution in [0, 0.1) is 5.92 Å². The van der Waals surface area contributed by atoms with Gasteiger partial charge in [0, 0.05) is 11.7 Å². The van der Waals surface area contributed by atoms with Crippen molar-refractivity contribution in [2.75, 3.05) is 5.32 Å². The molecule has 0 aliphatic heterocycles. The first kappa shape index (κ1) is 12.4. The quantitative estimate of drug-likeness (QED) is 0.833. The monoisotopic (exact) mass is 233 g/mol. The topological polar surface area (TPSA) is 32.3 Å². The van der Waals surface area contributed by atoms with Crippen molar-refractivity contribution in [1.29, 1.82) is 0 Å². The highest BCUT2D eigenvalue weighted by atomic mass is 16.3. The Kier molecular flexibility index (Phi) is 4.43. The molecule has 17 heavy (non-hydrogen) atoms. The van der Waals surface area contributed by atoms with Crippen LogP contribution in [0.25, 0.3) is 0 Å². The van der Waals surface area contributed by atoms with Gasteiger partial charge in [0.2, 0.25) is 0 Å². The Morgan fingerprint density at radius 1 is 1.35 bits per heavy atom. The van der Waals surface area contributed by atoms with Crippen molar-refractivity contribution in [3.05, 3.63) is 29.8 Å². The number of aliphatic hydroxyl groups excluding tert-OH is 1. The zero-order valence-electron chi connectivity index (χ0n) is 10.7. The van der Waals surface area contributed by atoms with E-state index < -0.39 is 0 Å². The first-order valence-electron chi connectivity index (χ1n) is 6.78. The predicted molar refractivity (Wildman–Crippen MR) is 72.0 cm³/mol. The molecule has 1 aromatic carbocycles. The lowest BCUT2D eigenvalue weighted by Crippen LogP contribution is -2.27. The van der Waals surface area contributed by atoms with Crippen LogP contribution in [-0.2, 0) is 6.61 Å². The standard InChI is InChI=1S/C15H23NO/c1-2-12-5-3-7-14(9-12)16-15-8-4-6-13(10-15)11-17/h4,6,8,10,12,14,16-17H,2-3,5,7,9,11H2,1H3. The second-order valence-electron chi connectivity index (χ2n) is 5.14.